The summed E-state index contributed by atoms with van der Waals surface area (Å²) in [5.74, 6) is 1.42. The van der Waals surface area contributed by atoms with Crippen LogP contribution in [-0.2, 0) is 0 Å². The van der Waals surface area contributed by atoms with Crippen molar-refractivity contribution in [2.24, 2.45) is 0 Å². The summed E-state index contributed by atoms with van der Waals surface area (Å²) in [6.07, 6.45) is 0. The van der Waals surface area contributed by atoms with Crippen LogP contribution >= 0.6 is 0 Å². The summed E-state index contributed by atoms with van der Waals surface area (Å²) in [7, 11) is -3.04. The van der Waals surface area contributed by atoms with Gasteiger partial charge in [-0.1, -0.05) is 73.7 Å². The van der Waals surface area contributed by atoms with Crippen LogP contribution in [0.4, 0.5) is 0 Å². The number of hydrogen-bond acceptors (Lipinski definition) is 3. The zero-order chi connectivity index (χ0) is 17.5. The second-order valence-corrected chi connectivity index (χ2v) is 9.09. The van der Waals surface area contributed by atoms with E-state index in [9.17, 15) is 5.11 Å². The quantitative estimate of drug-likeness (QED) is 0.617. The highest BCUT2D eigenvalue weighted by Crippen LogP contribution is 2.32. The SMILES string of the molecule is CC[Si](Oc1ccccc1)(Oc1ccccc1)C(O)c1ccccc1. The minimum absolute atomic E-state index is 0.604. The molecule has 0 saturated carbocycles. The second-order valence-electron chi connectivity index (χ2n) is 5.81. The van der Waals surface area contributed by atoms with E-state index in [-0.39, 0.29) is 0 Å². The van der Waals surface area contributed by atoms with Gasteiger partial charge in [-0.3, -0.25) is 0 Å². The molecule has 3 aromatic carbocycles. The standard InChI is InChI=1S/C21H22O3Si/c1-2-25(23-19-14-8-4-9-15-19,24-20-16-10-5-11-17-20)21(22)18-12-6-3-7-13-18/h3-17,21-22H,2H2,1H3. The van der Waals surface area contributed by atoms with Gasteiger partial charge in [0, 0.05) is 6.04 Å². The van der Waals surface area contributed by atoms with Gasteiger partial charge in [-0.25, -0.2) is 0 Å². The number of hydrogen-bond donors (Lipinski definition) is 1. The van der Waals surface area contributed by atoms with Gasteiger partial charge in [-0.05, 0) is 29.8 Å². The Kier molecular flexibility index (Phi) is 5.53. The number of aliphatic hydroxyl groups excluding tert-OH is 1. The topological polar surface area (TPSA) is 38.7 Å². The Hall–Kier alpha value is -2.56. The molecule has 0 aromatic heterocycles. The molecule has 0 amide bonds. The van der Waals surface area contributed by atoms with Crippen molar-refractivity contribution < 1.29 is 14.0 Å². The van der Waals surface area contributed by atoms with Crippen LogP contribution in [-0.4, -0.2) is 13.7 Å². The van der Waals surface area contributed by atoms with Gasteiger partial charge < -0.3 is 14.0 Å². The molecule has 3 nitrogen and oxygen atoms in total. The Morgan fingerprint density at radius 1 is 0.720 bits per heavy atom. The predicted molar refractivity (Wildman–Crippen MR) is 102 cm³/mol. The van der Waals surface area contributed by atoms with Crippen LogP contribution in [0.15, 0.2) is 91.0 Å². The largest absolute Gasteiger partial charge is 0.510 e. The molecule has 0 aliphatic carbocycles. The third-order valence-corrected chi connectivity index (χ3v) is 7.41. The smallest absolute Gasteiger partial charge is 0.494 e. The lowest BCUT2D eigenvalue weighted by atomic mass is 10.2. The van der Waals surface area contributed by atoms with Crippen LogP contribution in [0.5, 0.6) is 11.5 Å². The Bertz CT molecular complexity index is 721. The van der Waals surface area contributed by atoms with E-state index in [0.29, 0.717) is 17.5 Å². The number of rotatable bonds is 7. The van der Waals surface area contributed by atoms with Gasteiger partial charge in [0.05, 0.1) is 0 Å². The molecular weight excluding hydrogens is 328 g/mol. The third kappa shape index (κ3) is 4.10. The molecule has 3 aromatic rings. The number of aliphatic hydroxyl groups is 1. The Labute approximate surface area is 149 Å². The molecule has 4 heteroatoms. The summed E-state index contributed by atoms with van der Waals surface area (Å²) >= 11 is 0. The van der Waals surface area contributed by atoms with Crippen molar-refractivity contribution in [3.05, 3.63) is 96.6 Å². The molecular formula is C21H22O3Si. The van der Waals surface area contributed by atoms with Gasteiger partial charge in [0.2, 0.25) is 0 Å². The number of para-hydroxylation sites is 2. The van der Waals surface area contributed by atoms with Crippen molar-refractivity contribution in [2.75, 3.05) is 0 Å². The van der Waals surface area contributed by atoms with Crippen molar-refractivity contribution in [2.45, 2.75) is 18.7 Å². The van der Waals surface area contributed by atoms with Crippen molar-refractivity contribution in [1.29, 1.82) is 0 Å². The fourth-order valence-electron chi connectivity index (χ4n) is 2.74. The van der Waals surface area contributed by atoms with E-state index in [1.807, 2.05) is 97.9 Å². The van der Waals surface area contributed by atoms with Gasteiger partial charge in [-0.2, -0.15) is 0 Å². The zero-order valence-corrected chi connectivity index (χ0v) is 15.2. The maximum atomic E-state index is 11.2. The summed E-state index contributed by atoms with van der Waals surface area (Å²) in [4.78, 5) is 0. The lowest BCUT2D eigenvalue weighted by Gasteiger charge is -2.34. The first-order valence-electron chi connectivity index (χ1n) is 8.44. The summed E-state index contributed by atoms with van der Waals surface area (Å²) in [6, 6.07) is 29.3. The van der Waals surface area contributed by atoms with E-state index in [1.165, 1.54) is 0 Å². The summed E-state index contributed by atoms with van der Waals surface area (Å²) in [5.41, 5.74) is 0.00184. The molecule has 128 valence electrons. The Morgan fingerprint density at radius 3 is 1.52 bits per heavy atom. The zero-order valence-electron chi connectivity index (χ0n) is 14.2. The molecule has 1 unspecified atom stereocenters. The average Bonchev–Trinajstić information content (AvgIpc) is 2.69. The van der Waals surface area contributed by atoms with Gasteiger partial charge >= 0.3 is 8.56 Å². The molecule has 0 fully saturated rings. The minimum atomic E-state index is -3.04. The maximum Gasteiger partial charge on any atom is 0.494 e. The van der Waals surface area contributed by atoms with Crippen molar-refractivity contribution in [1.82, 2.24) is 0 Å². The van der Waals surface area contributed by atoms with Crippen molar-refractivity contribution >= 4 is 8.56 Å². The maximum absolute atomic E-state index is 11.2. The first-order valence-corrected chi connectivity index (χ1v) is 10.5. The van der Waals surface area contributed by atoms with Crippen molar-refractivity contribution in [3.63, 3.8) is 0 Å². The molecule has 0 heterocycles. The van der Waals surface area contributed by atoms with Crippen LogP contribution in [0.25, 0.3) is 0 Å². The molecule has 1 atom stereocenters. The molecule has 3 rings (SSSR count). The van der Waals surface area contributed by atoms with Crippen molar-refractivity contribution in [3.8, 4) is 11.5 Å². The van der Waals surface area contributed by atoms with Crippen LogP contribution in [0, 0.1) is 0 Å². The van der Waals surface area contributed by atoms with Crippen LogP contribution in [0.2, 0.25) is 6.04 Å². The van der Waals surface area contributed by atoms with E-state index in [0.717, 1.165) is 5.56 Å². The first kappa shape index (κ1) is 17.3. The molecule has 25 heavy (non-hydrogen) atoms. The molecule has 0 aliphatic heterocycles. The van der Waals surface area contributed by atoms with E-state index in [4.69, 9.17) is 8.85 Å². The van der Waals surface area contributed by atoms with E-state index in [1.54, 1.807) is 0 Å². The molecule has 0 aliphatic rings. The fraction of sp³-hybridized carbons (Fsp3) is 0.143. The van der Waals surface area contributed by atoms with E-state index >= 15 is 0 Å². The molecule has 0 bridgehead atoms. The monoisotopic (exact) mass is 350 g/mol. The molecule has 0 spiro atoms. The fourth-order valence-corrected chi connectivity index (χ4v) is 5.45. The van der Waals surface area contributed by atoms with Gasteiger partial charge in [0.15, 0.2) is 0 Å². The number of benzene rings is 3. The highest BCUT2D eigenvalue weighted by Gasteiger charge is 2.49. The minimum Gasteiger partial charge on any atom is -0.510 e. The second kappa shape index (κ2) is 8.01. The lowest BCUT2D eigenvalue weighted by molar-refractivity contribution is 0.190. The molecule has 1 N–H and O–H groups in total. The summed E-state index contributed by atoms with van der Waals surface area (Å²) < 4.78 is 12.7. The average molecular weight is 350 g/mol. The van der Waals surface area contributed by atoms with Crippen LogP contribution in [0.3, 0.4) is 0 Å². The molecule has 0 saturated heterocycles. The Morgan fingerprint density at radius 2 is 1.12 bits per heavy atom. The molecule has 0 radical (unpaired) electrons. The van der Waals surface area contributed by atoms with E-state index < -0.39 is 14.3 Å². The highest BCUT2D eigenvalue weighted by molar-refractivity contribution is 6.69. The van der Waals surface area contributed by atoms with Gasteiger partial charge in [-0.15, -0.1) is 0 Å². The van der Waals surface area contributed by atoms with Gasteiger partial charge in [0.25, 0.3) is 0 Å². The summed E-state index contributed by atoms with van der Waals surface area (Å²) in [6.45, 7) is 2.00. The Balaban J connectivity index is 1.99. The first-order chi connectivity index (χ1) is 12.2. The van der Waals surface area contributed by atoms with Crippen LogP contribution in [0.1, 0.15) is 18.2 Å². The summed E-state index contributed by atoms with van der Waals surface area (Å²) in [5, 5.41) is 11.2. The highest BCUT2D eigenvalue weighted by atomic mass is 28.4. The third-order valence-electron chi connectivity index (χ3n) is 4.09. The normalized spacial score (nSPS) is 12.4. The predicted octanol–water partition coefficient (Wildman–Crippen LogP) is 4.88. The van der Waals surface area contributed by atoms with Crippen LogP contribution < -0.4 is 8.85 Å². The van der Waals surface area contributed by atoms with Gasteiger partial charge in [0.1, 0.15) is 17.2 Å². The van der Waals surface area contributed by atoms with E-state index in [2.05, 4.69) is 0 Å². The lowest BCUT2D eigenvalue weighted by Crippen LogP contribution is -2.54.